The van der Waals surface area contributed by atoms with Crippen LogP contribution in [0.1, 0.15) is 43.4 Å². The first-order valence-corrected chi connectivity index (χ1v) is 5.82. The molecule has 1 aliphatic rings. The van der Waals surface area contributed by atoms with Gasteiger partial charge in [0.25, 0.3) is 0 Å². The van der Waals surface area contributed by atoms with Crippen molar-refractivity contribution in [2.45, 2.75) is 26.7 Å². The van der Waals surface area contributed by atoms with Gasteiger partial charge in [-0.15, -0.1) is 0 Å². The molecule has 84 valence electrons. The van der Waals surface area contributed by atoms with Crippen molar-refractivity contribution < 1.29 is 5.11 Å². The van der Waals surface area contributed by atoms with Gasteiger partial charge in [0.05, 0.1) is 0 Å². The third-order valence-electron chi connectivity index (χ3n) is 3.05. The summed E-state index contributed by atoms with van der Waals surface area (Å²) in [6.45, 7) is 6.50. The second-order valence-corrected chi connectivity index (χ2v) is 4.73. The molecule has 0 saturated heterocycles. The summed E-state index contributed by atoms with van der Waals surface area (Å²) in [6.07, 6.45) is 8.45. The van der Waals surface area contributed by atoms with Crippen molar-refractivity contribution >= 4 is 12.2 Å². The first kappa shape index (κ1) is 11.0. The Balaban J connectivity index is 2.65. The Labute approximate surface area is 97.1 Å². The quantitative estimate of drug-likeness (QED) is 0.743. The van der Waals surface area contributed by atoms with Crippen LogP contribution in [-0.2, 0) is 0 Å². The molecule has 0 fully saturated rings. The lowest BCUT2D eigenvalue weighted by molar-refractivity contribution is 0.473. The van der Waals surface area contributed by atoms with Gasteiger partial charge >= 0.3 is 0 Å². The summed E-state index contributed by atoms with van der Waals surface area (Å²) >= 11 is 0. The molecule has 2 rings (SSSR count). The summed E-state index contributed by atoms with van der Waals surface area (Å²) in [5.74, 6) is 1.27. The van der Waals surface area contributed by atoms with Gasteiger partial charge in [0.2, 0.25) is 0 Å². The predicted octanol–water partition coefficient (Wildman–Crippen LogP) is 4.19. The molecule has 16 heavy (non-hydrogen) atoms. The largest absolute Gasteiger partial charge is 0.507 e. The second kappa shape index (κ2) is 4.17. The monoisotopic (exact) mass is 214 g/mol. The number of aromatic hydroxyl groups is 1. The molecule has 1 nitrogen and oxygen atoms in total. The smallest absolute Gasteiger partial charge is 0.123 e. The molecule has 1 N–H and O–H groups in total. The minimum absolute atomic E-state index is 0.370. The van der Waals surface area contributed by atoms with E-state index in [1.807, 2.05) is 12.1 Å². The van der Waals surface area contributed by atoms with Crippen molar-refractivity contribution in [3.8, 4) is 5.75 Å². The molecular formula is C15H18O. The molecule has 0 radical (unpaired) electrons. The van der Waals surface area contributed by atoms with E-state index in [1.165, 1.54) is 5.56 Å². The van der Waals surface area contributed by atoms with E-state index < -0.39 is 0 Å². The lowest BCUT2D eigenvalue weighted by Gasteiger charge is -2.13. The van der Waals surface area contributed by atoms with Gasteiger partial charge in [0.15, 0.2) is 0 Å². The highest BCUT2D eigenvalue weighted by atomic mass is 16.3. The number of allylic oxidation sites excluding steroid dienone is 2. The van der Waals surface area contributed by atoms with Gasteiger partial charge in [-0.2, -0.15) is 0 Å². The third kappa shape index (κ3) is 1.90. The number of benzene rings is 1. The third-order valence-corrected chi connectivity index (χ3v) is 3.05. The fourth-order valence-electron chi connectivity index (χ4n) is 2.07. The molecule has 1 aromatic carbocycles. The minimum Gasteiger partial charge on any atom is -0.507 e. The number of phenols is 1. The summed E-state index contributed by atoms with van der Waals surface area (Å²) < 4.78 is 0. The Morgan fingerprint density at radius 1 is 1.06 bits per heavy atom. The van der Waals surface area contributed by atoms with Gasteiger partial charge in [-0.05, 0) is 29.0 Å². The van der Waals surface area contributed by atoms with Crippen molar-refractivity contribution in [2.75, 3.05) is 0 Å². The van der Waals surface area contributed by atoms with E-state index in [-0.39, 0.29) is 0 Å². The zero-order valence-corrected chi connectivity index (χ0v) is 10.1. The highest BCUT2D eigenvalue weighted by molar-refractivity contribution is 5.74. The maximum atomic E-state index is 9.89. The summed E-state index contributed by atoms with van der Waals surface area (Å²) in [4.78, 5) is 0. The summed E-state index contributed by atoms with van der Waals surface area (Å²) in [6, 6.07) is 3.81. The van der Waals surface area contributed by atoms with Crippen LogP contribution in [0.4, 0.5) is 0 Å². The van der Waals surface area contributed by atoms with Crippen molar-refractivity contribution in [1.82, 2.24) is 0 Å². The first-order chi connectivity index (χ1) is 7.59. The normalized spacial score (nSPS) is 18.6. The summed E-state index contributed by atoms with van der Waals surface area (Å²) in [5, 5.41) is 9.89. The molecule has 0 amide bonds. The second-order valence-electron chi connectivity index (χ2n) is 4.73. The van der Waals surface area contributed by atoms with Crippen LogP contribution in [0.5, 0.6) is 5.75 Å². The highest BCUT2D eigenvalue weighted by Crippen LogP contribution is 2.33. The zero-order valence-electron chi connectivity index (χ0n) is 10.1. The molecule has 0 aliphatic heterocycles. The molecule has 0 spiro atoms. The highest BCUT2D eigenvalue weighted by Gasteiger charge is 2.13. The van der Waals surface area contributed by atoms with Gasteiger partial charge in [0, 0.05) is 5.56 Å². The minimum atomic E-state index is 0.370. The van der Waals surface area contributed by atoms with Crippen LogP contribution in [0.2, 0.25) is 0 Å². The van der Waals surface area contributed by atoms with Gasteiger partial charge in [0.1, 0.15) is 5.75 Å². The van der Waals surface area contributed by atoms with E-state index in [2.05, 4.69) is 39.0 Å². The molecule has 1 aromatic rings. The average Bonchev–Trinajstić information content (AvgIpc) is 2.42. The standard InChI is InChI=1S/C15H18O/c1-10(2)12-8-9-15(16)14-7-5-11(3)4-6-13(12)14/h4-11,16H,1-3H3. The average molecular weight is 214 g/mol. The van der Waals surface area contributed by atoms with Crippen LogP contribution in [-0.4, -0.2) is 5.11 Å². The van der Waals surface area contributed by atoms with Gasteiger partial charge in [-0.25, -0.2) is 0 Å². The fraction of sp³-hybridized carbons (Fsp3) is 0.333. The summed E-state index contributed by atoms with van der Waals surface area (Å²) in [7, 11) is 0. The van der Waals surface area contributed by atoms with Gasteiger partial charge in [-0.1, -0.05) is 51.1 Å². The fourth-order valence-corrected chi connectivity index (χ4v) is 2.07. The van der Waals surface area contributed by atoms with Gasteiger partial charge in [-0.3, -0.25) is 0 Å². The van der Waals surface area contributed by atoms with E-state index >= 15 is 0 Å². The zero-order chi connectivity index (χ0) is 11.7. The van der Waals surface area contributed by atoms with Crippen molar-refractivity contribution in [1.29, 1.82) is 0 Å². The molecule has 0 bridgehead atoms. The predicted molar refractivity (Wildman–Crippen MR) is 69.4 cm³/mol. The number of fused-ring (bicyclic) bond motifs is 1. The summed E-state index contributed by atoms with van der Waals surface area (Å²) in [5.41, 5.74) is 3.41. The van der Waals surface area contributed by atoms with Crippen LogP contribution < -0.4 is 0 Å². The molecule has 1 unspecified atom stereocenters. The number of hydrogen-bond acceptors (Lipinski definition) is 1. The van der Waals surface area contributed by atoms with E-state index in [0.717, 1.165) is 11.1 Å². The Kier molecular flexibility index (Phi) is 2.86. The Bertz CT molecular complexity index is 453. The molecule has 1 aliphatic carbocycles. The van der Waals surface area contributed by atoms with Crippen LogP contribution in [0.25, 0.3) is 12.2 Å². The SMILES string of the molecule is CC1C=Cc2c(O)ccc(C(C)C)c2C=C1. The van der Waals surface area contributed by atoms with Crippen LogP contribution in [0.3, 0.4) is 0 Å². The number of hydrogen-bond donors (Lipinski definition) is 1. The maximum Gasteiger partial charge on any atom is 0.123 e. The van der Waals surface area contributed by atoms with Crippen LogP contribution in [0, 0.1) is 5.92 Å². The Morgan fingerprint density at radius 2 is 1.69 bits per heavy atom. The first-order valence-electron chi connectivity index (χ1n) is 5.82. The topological polar surface area (TPSA) is 20.2 Å². The van der Waals surface area contributed by atoms with E-state index in [4.69, 9.17) is 0 Å². The molecule has 0 heterocycles. The van der Waals surface area contributed by atoms with E-state index in [1.54, 1.807) is 6.07 Å². The maximum absolute atomic E-state index is 9.89. The van der Waals surface area contributed by atoms with Crippen LogP contribution in [0.15, 0.2) is 24.3 Å². The number of rotatable bonds is 1. The van der Waals surface area contributed by atoms with Crippen molar-refractivity contribution in [2.24, 2.45) is 5.92 Å². The van der Waals surface area contributed by atoms with E-state index in [0.29, 0.717) is 17.6 Å². The molecule has 0 aromatic heterocycles. The lowest BCUT2D eigenvalue weighted by atomic mass is 9.92. The lowest BCUT2D eigenvalue weighted by Crippen LogP contribution is -1.94. The van der Waals surface area contributed by atoms with Crippen molar-refractivity contribution in [3.05, 3.63) is 41.0 Å². The number of phenolic OH excluding ortho intramolecular Hbond substituents is 1. The molecule has 1 atom stereocenters. The molecule has 0 saturated carbocycles. The van der Waals surface area contributed by atoms with Gasteiger partial charge < -0.3 is 5.11 Å². The Hall–Kier alpha value is -1.50. The molecule has 1 heteroatoms. The Morgan fingerprint density at radius 3 is 2.31 bits per heavy atom. The van der Waals surface area contributed by atoms with Crippen molar-refractivity contribution in [3.63, 3.8) is 0 Å². The van der Waals surface area contributed by atoms with Crippen LogP contribution >= 0.6 is 0 Å². The molecular weight excluding hydrogens is 196 g/mol. The van der Waals surface area contributed by atoms with E-state index in [9.17, 15) is 5.11 Å².